The Balaban J connectivity index is 0.000000479. The molecule has 162 valence electrons. The van der Waals surface area contributed by atoms with Gasteiger partial charge in [-0.05, 0) is 24.3 Å². The van der Waals surface area contributed by atoms with Gasteiger partial charge in [0.25, 0.3) is 0 Å². The molecule has 0 aromatic heterocycles. The van der Waals surface area contributed by atoms with E-state index < -0.39 is 21.8 Å². The molecule has 0 aliphatic rings. The van der Waals surface area contributed by atoms with E-state index in [2.05, 4.69) is 22.3 Å². The topological polar surface area (TPSA) is 124 Å². The number of hydrogen-bond acceptors (Lipinski definition) is 6. The number of nitrogens with one attached hydrogen (secondary N) is 1. The number of likely N-dealkylation sites (N-methyl/N-ethyl adjacent to an activating group) is 1. The third-order valence-electron chi connectivity index (χ3n) is 3.84. The van der Waals surface area contributed by atoms with Gasteiger partial charge in [0.2, 0.25) is 0 Å². The fraction of sp³-hybridized carbons (Fsp3) is 0.238. The quantitative estimate of drug-likeness (QED) is 0.383. The van der Waals surface area contributed by atoms with Crippen molar-refractivity contribution in [3.8, 4) is 0 Å². The van der Waals surface area contributed by atoms with E-state index in [4.69, 9.17) is 10.2 Å². The molecule has 0 radical (unpaired) electrons. The van der Waals surface area contributed by atoms with Crippen molar-refractivity contribution in [3.63, 3.8) is 0 Å². The summed E-state index contributed by atoms with van der Waals surface area (Å²) in [5, 5.41) is 18.8. The summed E-state index contributed by atoms with van der Waals surface area (Å²) in [5.74, 6) is -2.40. The molecule has 0 heterocycles. The van der Waals surface area contributed by atoms with Gasteiger partial charge in [-0.3, -0.25) is 0 Å². The lowest BCUT2D eigenvalue weighted by Gasteiger charge is -2.19. The summed E-state index contributed by atoms with van der Waals surface area (Å²) in [4.78, 5) is 21.6. The Morgan fingerprint density at radius 1 is 0.900 bits per heavy atom. The van der Waals surface area contributed by atoms with Crippen molar-refractivity contribution >= 4 is 27.5 Å². The summed E-state index contributed by atoms with van der Waals surface area (Å²) in [6.07, 6.45) is 1.12. The average molecular weight is 435 g/mol. The maximum Gasteiger partial charge on any atom is 0.328 e. The number of anilines is 1. The van der Waals surface area contributed by atoms with Crippen molar-refractivity contribution in [2.24, 2.45) is 0 Å². The number of hydrogen-bond donors (Lipinski definition) is 3. The van der Waals surface area contributed by atoms with Gasteiger partial charge in [0.05, 0.1) is 10.6 Å². The zero-order valence-corrected chi connectivity index (χ0v) is 17.5. The fourth-order valence-electron chi connectivity index (χ4n) is 2.28. The van der Waals surface area contributed by atoms with Gasteiger partial charge in [0.1, 0.15) is 0 Å². The first-order valence-corrected chi connectivity index (χ1v) is 10.8. The van der Waals surface area contributed by atoms with Gasteiger partial charge in [0.15, 0.2) is 9.84 Å². The molecule has 0 bridgehead atoms. The van der Waals surface area contributed by atoms with E-state index in [1.165, 1.54) is 0 Å². The predicted octanol–water partition coefficient (Wildman–Crippen LogP) is 1.90. The van der Waals surface area contributed by atoms with Gasteiger partial charge >= 0.3 is 11.9 Å². The van der Waals surface area contributed by atoms with Gasteiger partial charge < -0.3 is 20.4 Å². The Morgan fingerprint density at radius 2 is 1.40 bits per heavy atom. The maximum absolute atomic E-state index is 12.1. The predicted molar refractivity (Wildman–Crippen MR) is 115 cm³/mol. The second kappa shape index (κ2) is 13.1. The van der Waals surface area contributed by atoms with E-state index in [1.54, 1.807) is 24.3 Å². The second-order valence-electron chi connectivity index (χ2n) is 6.15. The van der Waals surface area contributed by atoms with Crippen molar-refractivity contribution in [1.29, 1.82) is 0 Å². The number of carboxylic acids is 2. The summed E-state index contributed by atoms with van der Waals surface area (Å²) >= 11 is 0. The summed E-state index contributed by atoms with van der Waals surface area (Å²) in [6, 6.07) is 18.7. The van der Waals surface area contributed by atoms with Crippen molar-refractivity contribution in [2.75, 3.05) is 37.3 Å². The van der Waals surface area contributed by atoms with Gasteiger partial charge in [-0.2, -0.15) is 0 Å². The Hall–Kier alpha value is -3.17. The lowest BCUT2D eigenvalue weighted by molar-refractivity contribution is -0.134. The number of benzene rings is 2. The Kier molecular flexibility index (Phi) is 10.9. The molecule has 8 nitrogen and oxygen atoms in total. The second-order valence-corrected chi connectivity index (χ2v) is 8.26. The van der Waals surface area contributed by atoms with E-state index in [1.807, 2.05) is 31.3 Å². The van der Waals surface area contributed by atoms with E-state index in [0.717, 1.165) is 18.8 Å². The molecule has 2 aromatic rings. The standard InChI is InChI=1S/C17H22N2O2S.C4H4O4/c1-19(16-8-4-2-5-9-16)14-12-18-13-15-22(20,21)17-10-6-3-7-11-17;5-3(6)1-2-4(7)8/h2-11,18H,12-15H2,1H3;1-2H,(H,5,6)(H,7,8)/b;2-1-. The minimum absolute atomic E-state index is 0.117. The Bertz CT molecular complexity index is 899. The van der Waals surface area contributed by atoms with E-state index >= 15 is 0 Å². The van der Waals surface area contributed by atoms with Gasteiger partial charge in [-0.15, -0.1) is 0 Å². The van der Waals surface area contributed by atoms with Crippen LogP contribution >= 0.6 is 0 Å². The summed E-state index contributed by atoms with van der Waals surface area (Å²) in [6.45, 7) is 2.03. The number of sulfone groups is 1. The molecule has 0 unspecified atom stereocenters. The minimum Gasteiger partial charge on any atom is -0.478 e. The zero-order valence-electron chi connectivity index (χ0n) is 16.6. The number of aliphatic carboxylic acids is 2. The Morgan fingerprint density at radius 3 is 1.90 bits per heavy atom. The van der Waals surface area contributed by atoms with Crippen LogP contribution in [0.25, 0.3) is 0 Å². The molecule has 0 aliphatic carbocycles. The summed E-state index contributed by atoms with van der Waals surface area (Å²) in [7, 11) is -1.16. The highest BCUT2D eigenvalue weighted by Gasteiger charge is 2.12. The maximum atomic E-state index is 12.1. The van der Waals surface area contributed by atoms with Crippen LogP contribution in [-0.4, -0.2) is 63.0 Å². The first kappa shape index (κ1) is 24.9. The average Bonchev–Trinajstić information content (AvgIpc) is 2.73. The number of carbonyl (C=O) groups is 2. The number of carboxylic acid groups (broad SMARTS) is 2. The number of nitrogens with zero attached hydrogens (tertiary/aromatic N) is 1. The van der Waals surface area contributed by atoms with Crippen LogP contribution in [0.2, 0.25) is 0 Å². The van der Waals surface area contributed by atoms with Crippen LogP contribution in [0.15, 0.2) is 77.7 Å². The molecule has 30 heavy (non-hydrogen) atoms. The molecule has 0 spiro atoms. The van der Waals surface area contributed by atoms with Crippen molar-refractivity contribution in [2.45, 2.75) is 4.90 Å². The van der Waals surface area contributed by atoms with Crippen molar-refractivity contribution in [1.82, 2.24) is 5.32 Å². The third-order valence-corrected chi connectivity index (χ3v) is 5.57. The van der Waals surface area contributed by atoms with E-state index in [0.29, 0.717) is 23.6 Å². The van der Waals surface area contributed by atoms with Gasteiger partial charge in [-0.1, -0.05) is 36.4 Å². The SMILES string of the molecule is CN(CCNCCS(=O)(=O)c1ccccc1)c1ccccc1.O=C(O)/C=C\C(=O)O. The van der Waals surface area contributed by atoms with E-state index in [9.17, 15) is 18.0 Å². The molecular weight excluding hydrogens is 408 g/mol. The van der Waals surface area contributed by atoms with Gasteiger partial charge in [-0.25, -0.2) is 18.0 Å². The fourth-order valence-corrected chi connectivity index (χ4v) is 3.50. The molecule has 2 aromatic carbocycles. The molecule has 3 N–H and O–H groups in total. The number of rotatable bonds is 10. The lowest BCUT2D eigenvalue weighted by Crippen LogP contribution is -2.31. The lowest BCUT2D eigenvalue weighted by atomic mass is 10.3. The van der Waals surface area contributed by atoms with E-state index in [-0.39, 0.29) is 5.75 Å². The highest BCUT2D eigenvalue weighted by molar-refractivity contribution is 7.91. The monoisotopic (exact) mass is 434 g/mol. The van der Waals surface area contributed by atoms with Crippen LogP contribution < -0.4 is 10.2 Å². The molecule has 0 aliphatic heterocycles. The highest BCUT2D eigenvalue weighted by Crippen LogP contribution is 2.10. The minimum atomic E-state index is -3.19. The zero-order chi connectivity index (χ0) is 22.4. The molecule has 0 amide bonds. The summed E-state index contributed by atoms with van der Waals surface area (Å²) in [5.41, 5.74) is 1.15. The molecular formula is C21H26N2O6S. The van der Waals surface area contributed by atoms with Crippen molar-refractivity contribution in [3.05, 3.63) is 72.8 Å². The third kappa shape index (κ3) is 10.4. The molecule has 0 atom stereocenters. The first-order chi connectivity index (χ1) is 14.2. The van der Waals surface area contributed by atoms with Crippen LogP contribution in [0.3, 0.4) is 0 Å². The van der Waals surface area contributed by atoms with Crippen LogP contribution in [0.1, 0.15) is 0 Å². The normalized spacial score (nSPS) is 10.8. The molecule has 2 rings (SSSR count). The van der Waals surface area contributed by atoms with Crippen LogP contribution in [0.5, 0.6) is 0 Å². The smallest absolute Gasteiger partial charge is 0.328 e. The van der Waals surface area contributed by atoms with Gasteiger partial charge in [0, 0.05) is 44.5 Å². The molecule has 0 saturated heterocycles. The molecule has 0 fully saturated rings. The highest BCUT2D eigenvalue weighted by atomic mass is 32.2. The Labute approximate surface area is 176 Å². The van der Waals surface area contributed by atoms with Crippen LogP contribution in [-0.2, 0) is 19.4 Å². The summed E-state index contributed by atoms with van der Waals surface area (Å²) < 4.78 is 24.2. The largest absolute Gasteiger partial charge is 0.478 e. The van der Waals surface area contributed by atoms with Crippen LogP contribution in [0, 0.1) is 0 Å². The van der Waals surface area contributed by atoms with Crippen molar-refractivity contribution < 1.29 is 28.2 Å². The number of para-hydroxylation sites is 1. The van der Waals surface area contributed by atoms with Crippen LogP contribution in [0.4, 0.5) is 5.69 Å². The molecule has 0 saturated carbocycles. The first-order valence-electron chi connectivity index (χ1n) is 9.11. The molecule has 9 heteroatoms.